The molecular weight excluding hydrogens is 252 g/mol. The minimum absolute atomic E-state index is 0.626. The van der Waals surface area contributed by atoms with Gasteiger partial charge >= 0.3 is 0 Å². The molecule has 1 aliphatic carbocycles. The second-order valence-electron chi connectivity index (χ2n) is 6.00. The van der Waals surface area contributed by atoms with Gasteiger partial charge in [0.15, 0.2) is 0 Å². The number of rotatable bonds is 10. The molecule has 0 saturated heterocycles. The first-order valence-electron chi connectivity index (χ1n) is 7.74. The molecule has 1 aromatic rings. The lowest BCUT2D eigenvalue weighted by atomic mass is 10.2. The molecule has 2 nitrogen and oxygen atoms in total. The summed E-state index contributed by atoms with van der Waals surface area (Å²) < 4.78 is 0. The van der Waals surface area contributed by atoms with Gasteiger partial charge in [-0.1, -0.05) is 20.3 Å². The topological polar surface area (TPSA) is 15.3 Å². The molecule has 0 radical (unpaired) electrons. The van der Waals surface area contributed by atoms with Gasteiger partial charge < -0.3 is 5.32 Å². The van der Waals surface area contributed by atoms with Crippen molar-refractivity contribution in [3.63, 3.8) is 0 Å². The summed E-state index contributed by atoms with van der Waals surface area (Å²) in [5, 5.41) is 7.98. The van der Waals surface area contributed by atoms with Gasteiger partial charge in [-0.2, -0.15) is 11.3 Å². The van der Waals surface area contributed by atoms with Gasteiger partial charge in [0.1, 0.15) is 0 Å². The maximum absolute atomic E-state index is 3.49. The molecule has 0 aromatic carbocycles. The third-order valence-electron chi connectivity index (χ3n) is 3.70. The molecule has 0 spiro atoms. The van der Waals surface area contributed by atoms with Crippen LogP contribution in [0, 0.1) is 0 Å². The molecule has 0 aliphatic heterocycles. The first kappa shape index (κ1) is 15.0. The zero-order valence-corrected chi connectivity index (χ0v) is 13.2. The van der Waals surface area contributed by atoms with E-state index in [9.17, 15) is 0 Å². The first-order chi connectivity index (χ1) is 9.25. The standard InChI is InChI=1S/C16H28N2S/c1-14(2)17-9-4-3-5-10-18(16-6-7-16)12-15-8-11-19-13-15/h8,11,13-14,16-17H,3-7,9-10,12H2,1-2H3. The highest BCUT2D eigenvalue weighted by Gasteiger charge is 2.28. The van der Waals surface area contributed by atoms with Crippen LogP contribution in [0.25, 0.3) is 0 Å². The Balaban J connectivity index is 1.59. The van der Waals surface area contributed by atoms with Crippen LogP contribution in [0.1, 0.15) is 51.5 Å². The van der Waals surface area contributed by atoms with E-state index < -0.39 is 0 Å². The van der Waals surface area contributed by atoms with E-state index in [0.717, 1.165) is 6.04 Å². The average Bonchev–Trinajstić information content (AvgIpc) is 3.10. The number of hydrogen-bond acceptors (Lipinski definition) is 3. The van der Waals surface area contributed by atoms with Gasteiger partial charge in [-0.15, -0.1) is 0 Å². The van der Waals surface area contributed by atoms with Crippen molar-refractivity contribution in [1.82, 2.24) is 10.2 Å². The fraction of sp³-hybridized carbons (Fsp3) is 0.750. The smallest absolute Gasteiger partial charge is 0.0244 e. The second-order valence-corrected chi connectivity index (χ2v) is 6.78. The van der Waals surface area contributed by atoms with Gasteiger partial charge in [-0.25, -0.2) is 0 Å². The van der Waals surface area contributed by atoms with Crippen LogP contribution < -0.4 is 5.32 Å². The molecule has 0 bridgehead atoms. The Hall–Kier alpha value is -0.380. The Kier molecular flexibility index (Phi) is 6.35. The summed E-state index contributed by atoms with van der Waals surface area (Å²) in [5.41, 5.74) is 1.50. The number of thiophene rings is 1. The molecule has 1 aromatic heterocycles. The van der Waals surface area contributed by atoms with Crippen LogP contribution in [0.2, 0.25) is 0 Å². The van der Waals surface area contributed by atoms with Gasteiger partial charge in [0.05, 0.1) is 0 Å². The molecule has 3 heteroatoms. The quantitative estimate of drug-likeness (QED) is 0.654. The summed E-state index contributed by atoms with van der Waals surface area (Å²) in [6.07, 6.45) is 6.85. The molecule has 0 atom stereocenters. The normalized spacial score (nSPS) is 15.6. The summed E-state index contributed by atoms with van der Waals surface area (Å²) in [5.74, 6) is 0. The zero-order valence-electron chi connectivity index (χ0n) is 12.4. The van der Waals surface area contributed by atoms with Gasteiger partial charge in [-0.05, 0) is 61.2 Å². The molecular formula is C16H28N2S. The molecule has 0 amide bonds. The maximum Gasteiger partial charge on any atom is 0.0244 e. The van der Waals surface area contributed by atoms with Crippen LogP contribution in [0.5, 0.6) is 0 Å². The van der Waals surface area contributed by atoms with E-state index in [4.69, 9.17) is 0 Å². The highest BCUT2D eigenvalue weighted by Crippen LogP contribution is 2.29. The van der Waals surface area contributed by atoms with Crippen LogP contribution in [-0.2, 0) is 6.54 Å². The van der Waals surface area contributed by atoms with Crippen molar-refractivity contribution in [2.45, 2.75) is 64.6 Å². The van der Waals surface area contributed by atoms with Crippen LogP contribution in [-0.4, -0.2) is 30.1 Å². The molecule has 19 heavy (non-hydrogen) atoms. The first-order valence-corrected chi connectivity index (χ1v) is 8.68. The molecule has 1 N–H and O–H groups in total. The van der Waals surface area contributed by atoms with Crippen LogP contribution >= 0.6 is 11.3 Å². The van der Waals surface area contributed by atoms with Gasteiger partial charge in [-0.3, -0.25) is 4.90 Å². The SMILES string of the molecule is CC(C)NCCCCCN(Cc1ccsc1)C1CC1. The predicted molar refractivity (Wildman–Crippen MR) is 84.7 cm³/mol. The number of unbranched alkanes of at least 4 members (excludes halogenated alkanes) is 2. The third-order valence-corrected chi connectivity index (χ3v) is 4.44. The van der Waals surface area contributed by atoms with Crippen LogP contribution in [0.3, 0.4) is 0 Å². The molecule has 1 saturated carbocycles. The van der Waals surface area contributed by atoms with Crippen molar-refractivity contribution in [3.8, 4) is 0 Å². The maximum atomic E-state index is 3.49. The van der Waals surface area contributed by atoms with Crippen molar-refractivity contribution >= 4 is 11.3 Å². The van der Waals surface area contributed by atoms with E-state index in [-0.39, 0.29) is 0 Å². The molecule has 1 aliphatic rings. The molecule has 108 valence electrons. The summed E-state index contributed by atoms with van der Waals surface area (Å²) >= 11 is 1.82. The van der Waals surface area contributed by atoms with E-state index in [0.29, 0.717) is 6.04 Å². The van der Waals surface area contributed by atoms with Crippen LogP contribution in [0.4, 0.5) is 0 Å². The van der Waals surface area contributed by atoms with Crippen molar-refractivity contribution in [2.75, 3.05) is 13.1 Å². The Bertz CT molecular complexity index is 331. The van der Waals surface area contributed by atoms with Crippen LogP contribution in [0.15, 0.2) is 16.8 Å². The van der Waals surface area contributed by atoms with Gasteiger partial charge in [0.25, 0.3) is 0 Å². The Labute approximate surface area is 122 Å². The lowest BCUT2D eigenvalue weighted by molar-refractivity contribution is 0.248. The van der Waals surface area contributed by atoms with E-state index in [2.05, 4.69) is 40.9 Å². The van der Waals surface area contributed by atoms with E-state index in [1.54, 1.807) is 0 Å². The summed E-state index contributed by atoms with van der Waals surface area (Å²) in [7, 11) is 0. The number of nitrogens with zero attached hydrogens (tertiary/aromatic N) is 1. The largest absolute Gasteiger partial charge is 0.315 e. The highest BCUT2D eigenvalue weighted by molar-refractivity contribution is 7.07. The van der Waals surface area contributed by atoms with Gasteiger partial charge in [0.2, 0.25) is 0 Å². The van der Waals surface area contributed by atoms with E-state index in [1.165, 1.54) is 57.3 Å². The van der Waals surface area contributed by atoms with Crippen molar-refractivity contribution in [2.24, 2.45) is 0 Å². The summed E-state index contributed by atoms with van der Waals surface area (Å²) in [4.78, 5) is 2.69. The van der Waals surface area contributed by atoms with Crippen molar-refractivity contribution < 1.29 is 0 Å². The average molecular weight is 280 g/mol. The lowest BCUT2D eigenvalue weighted by Gasteiger charge is -2.21. The Morgan fingerprint density at radius 3 is 2.79 bits per heavy atom. The monoisotopic (exact) mass is 280 g/mol. The summed E-state index contributed by atoms with van der Waals surface area (Å²) in [6, 6.07) is 3.78. The highest BCUT2D eigenvalue weighted by atomic mass is 32.1. The van der Waals surface area contributed by atoms with Crippen molar-refractivity contribution in [3.05, 3.63) is 22.4 Å². The van der Waals surface area contributed by atoms with Gasteiger partial charge in [0, 0.05) is 18.6 Å². The predicted octanol–water partition coefficient (Wildman–Crippen LogP) is 3.88. The fourth-order valence-corrected chi connectivity index (χ4v) is 3.11. The second kappa shape index (κ2) is 8.03. The molecule has 1 heterocycles. The lowest BCUT2D eigenvalue weighted by Crippen LogP contribution is -2.27. The van der Waals surface area contributed by atoms with E-state index >= 15 is 0 Å². The number of nitrogens with one attached hydrogen (secondary N) is 1. The van der Waals surface area contributed by atoms with E-state index in [1.807, 2.05) is 11.3 Å². The zero-order chi connectivity index (χ0) is 13.5. The molecule has 0 unspecified atom stereocenters. The van der Waals surface area contributed by atoms with Crippen molar-refractivity contribution in [1.29, 1.82) is 0 Å². The molecule has 2 rings (SSSR count). The summed E-state index contributed by atoms with van der Waals surface area (Å²) in [6.45, 7) is 8.05. The minimum atomic E-state index is 0.626. The minimum Gasteiger partial charge on any atom is -0.315 e. The molecule has 1 fully saturated rings. The Morgan fingerprint density at radius 1 is 1.32 bits per heavy atom. The number of hydrogen-bond donors (Lipinski definition) is 1. The Morgan fingerprint density at radius 2 is 2.16 bits per heavy atom. The fourth-order valence-electron chi connectivity index (χ4n) is 2.45. The third kappa shape index (κ3) is 6.07.